The molecular formula is C16H24N2O2. The van der Waals surface area contributed by atoms with Gasteiger partial charge in [0.05, 0.1) is 0 Å². The quantitative estimate of drug-likeness (QED) is 0.886. The Balaban J connectivity index is 1.87. The van der Waals surface area contributed by atoms with Crippen molar-refractivity contribution >= 4 is 5.91 Å². The van der Waals surface area contributed by atoms with Crippen LogP contribution in [0, 0.1) is 12.8 Å². The molecule has 20 heavy (non-hydrogen) atoms. The van der Waals surface area contributed by atoms with Crippen LogP contribution in [0.15, 0.2) is 18.2 Å². The van der Waals surface area contributed by atoms with Crippen LogP contribution in [-0.2, 0) is 0 Å². The number of aromatic hydroxyl groups is 1. The van der Waals surface area contributed by atoms with Crippen molar-refractivity contribution in [2.75, 3.05) is 19.6 Å². The maximum absolute atomic E-state index is 12.1. The lowest BCUT2D eigenvalue weighted by Crippen LogP contribution is -2.33. The van der Waals surface area contributed by atoms with Crippen LogP contribution in [0.4, 0.5) is 0 Å². The number of aryl methyl sites for hydroxylation is 1. The fraction of sp³-hybridized carbons (Fsp3) is 0.562. The summed E-state index contributed by atoms with van der Waals surface area (Å²) in [7, 11) is 0. The van der Waals surface area contributed by atoms with Gasteiger partial charge in [-0.15, -0.1) is 0 Å². The normalized spacial score (nSPS) is 19.5. The first-order valence-electron chi connectivity index (χ1n) is 7.29. The molecule has 0 aliphatic carbocycles. The summed E-state index contributed by atoms with van der Waals surface area (Å²) >= 11 is 0. The summed E-state index contributed by atoms with van der Waals surface area (Å²) in [6.07, 6.45) is 1.15. The van der Waals surface area contributed by atoms with E-state index in [1.807, 2.05) is 6.92 Å². The third-order valence-electron chi connectivity index (χ3n) is 4.05. The van der Waals surface area contributed by atoms with Gasteiger partial charge in [-0.3, -0.25) is 4.79 Å². The summed E-state index contributed by atoms with van der Waals surface area (Å²) in [6, 6.07) is 5.42. The molecule has 1 saturated heterocycles. The molecule has 2 N–H and O–H groups in total. The number of nitrogens with one attached hydrogen (secondary N) is 1. The van der Waals surface area contributed by atoms with Crippen LogP contribution in [0.1, 0.15) is 36.2 Å². The Labute approximate surface area is 120 Å². The van der Waals surface area contributed by atoms with E-state index in [-0.39, 0.29) is 11.7 Å². The highest BCUT2D eigenvalue weighted by atomic mass is 16.3. The molecule has 0 spiro atoms. The molecule has 1 aliphatic rings. The molecule has 1 aromatic carbocycles. The summed E-state index contributed by atoms with van der Waals surface area (Å²) in [4.78, 5) is 14.6. The third kappa shape index (κ3) is 3.51. The Kier molecular flexibility index (Phi) is 4.65. The molecule has 4 nitrogen and oxygen atoms in total. The zero-order chi connectivity index (χ0) is 14.7. The first-order chi connectivity index (χ1) is 9.47. The standard InChI is InChI=1S/C16H24N2O2/c1-11(2)18-7-6-13(10-18)9-17-16(20)15-5-4-14(19)8-12(15)3/h4-5,8,11,13,19H,6-7,9-10H2,1-3H3,(H,17,20). The molecule has 1 amide bonds. The minimum Gasteiger partial charge on any atom is -0.508 e. The first-order valence-corrected chi connectivity index (χ1v) is 7.29. The minimum atomic E-state index is -0.0505. The second-order valence-corrected chi connectivity index (χ2v) is 5.95. The number of rotatable bonds is 4. The number of carbonyl (C=O) groups is 1. The van der Waals surface area contributed by atoms with E-state index >= 15 is 0 Å². The van der Waals surface area contributed by atoms with E-state index in [2.05, 4.69) is 24.1 Å². The summed E-state index contributed by atoms with van der Waals surface area (Å²) in [5.74, 6) is 0.687. The molecule has 0 radical (unpaired) electrons. The van der Waals surface area contributed by atoms with E-state index in [0.717, 1.165) is 31.6 Å². The Bertz CT molecular complexity index is 485. The lowest BCUT2D eigenvalue weighted by Gasteiger charge is -2.20. The Morgan fingerprint density at radius 1 is 1.50 bits per heavy atom. The van der Waals surface area contributed by atoms with Gasteiger partial charge < -0.3 is 15.3 Å². The van der Waals surface area contributed by atoms with Gasteiger partial charge in [-0.1, -0.05) is 0 Å². The van der Waals surface area contributed by atoms with Crippen molar-refractivity contribution in [1.82, 2.24) is 10.2 Å². The van der Waals surface area contributed by atoms with E-state index in [9.17, 15) is 9.90 Å². The van der Waals surface area contributed by atoms with Crippen molar-refractivity contribution in [2.24, 2.45) is 5.92 Å². The SMILES string of the molecule is Cc1cc(O)ccc1C(=O)NCC1CCN(C(C)C)C1. The highest BCUT2D eigenvalue weighted by molar-refractivity contribution is 5.95. The lowest BCUT2D eigenvalue weighted by molar-refractivity contribution is 0.0946. The predicted octanol–water partition coefficient (Wildman–Crippen LogP) is 2.16. The van der Waals surface area contributed by atoms with E-state index in [1.54, 1.807) is 18.2 Å². The molecule has 1 heterocycles. The van der Waals surface area contributed by atoms with Gasteiger partial charge in [0.25, 0.3) is 5.91 Å². The van der Waals surface area contributed by atoms with Crippen molar-refractivity contribution in [1.29, 1.82) is 0 Å². The number of amides is 1. The maximum Gasteiger partial charge on any atom is 0.251 e. The zero-order valence-corrected chi connectivity index (χ0v) is 12.5. The van der Waals surface area contributed by atoms with E-state index in [4.69, 9.17) is 0 Å². The number of phenols is 1. The van der Waals surface area contributed by atoms with Crippen LogP contribution in [0.2, 0.25) is 0 Å². The molecule has 1 aromatic rings. The molecular weight excluding hydrogens is 252 g/mol. The van der Waals surface area contributed by atoms with Crippen LogP contribution >= 0.6 is 0 Å². The van der Waals surface area contributed by atoms with Gasteiger partial charge in [-0.05, 0) is 63.4 Å². The van der Waals surface area contributed by atoms with E-state index in [1.165, 1.54) is 0 Å². The summed E-state index contributed by atoms with van der Waals surface area (Å²) in [5, 5.41) is 12.4. The summed E-state index contributed by atoms with van der Waals surface area (Å²) in [5.41, 5.74) is 1.44. The summed E-state index contributed by atoms with van der Waals surface area (Å²) < 4.78 is 0. The largest absolute Gasteiger partial charge is 0.508 e. The van der Waals surface area contributed by atoms with Crippen LogP contribution in [-0.4, -0.2) is 41.6 Å². The fourth-order valence-corrected chi connectivity index (χ4v) is 2.73. The van der Waals surface area contributed by atoms with Crippen LogP contribution in [0.5, 0.6) is 5.75 Å². The second kappa shape index (κ2) is 6.27. The smallest absolute Gasteiger partial charge is 0.251 e. The number of benzene rings is 1. The van der Waals surface area contributed by atoms with E-state index < -0.39 is 0 Å². The van der Waals surface area contributed by atoms with Gasteiger partial charge in [0, 0.05) is 24.7 Å². The van der Waals surface area contributed by atoms with Crippen LogP contribution < -0.4 is 5.32 Å². The number of hydrogen-bond donors (Lipinski definition) is 2. The summed E-state index contributed by atoms with van der Waals surface area (Å²) in [6.45, 7) is 9.16. The number of hydrogen-bond acceptors (Lipinski definition) is 3. The highest BCUT2D eigenvalue weighted by Crippen LogP contribution is 2.19. The van der Waals surface area contributed by atoms with Gasteiger partial charge >= 0.3 is 0 Å². The molecule has 4 heteroatoms. The number of phenolic OH excluding ortho intramolecular Hbond substituents is 1. The molecule has 1 fully saturated rings. The molecule has 0 aromatic heterocycles. The third-order valence-corrected chi connectivity index (χ3v) is 4.05. The number of nitrogens with zero attached hydrogens (tertiary/aromatic N) is 1. The monoisotopic (exact) mass is 276 g/mol. The van der Waals surface area contributed by atoms with Crippen LogP contribution in [0.25, 0.3) is 0 Å². The zero-order valence-electron chi connectivity index (χ0n) is 12.5. The molecule has 1 aliphatic heterocycles. The second-order valence-electron chi connectivity index (χ2n) is 5.95. The topological polar surface area (TPSA) is 52.6 Å². The van der Waals surface area contributed by atoms with Crippen molar-refractivity contribution in [3.63, 3.8) is 0 Å². The molecule has 0 bridgehead atoms. The Hall–Kier alpha value is -1.55. The van der Waals surface area contributed by atoms with Gasteiger partial charge in [-0.25, -0.2) is 0 Å². The van der Waals surface area contributed by atoms with Crippen molar-refractivity contribution in [3.05, 3.63) is 29.3 Å². The first kappa shape index (κ1) is 14.9. The molecule has 2 rings (SSSR count). The fourth-order valence-electron chi connectivity index (χ4n) is 2.73. The van der Waals surface area contributed by atoms with Gasteiger partial charge in [0.1, 0.15) is 5.75 Å². The number of carbonyl (C=O) groups excluding carboxylic acids is 1. The average molecular weight is 276 g/mol. The Morgan fingerprint density at radius 2 is 2.25 bits per heavy atom. The highest BCUT2D eigenvalue weighted by Gasteiger charge is 2.24. The van der Waals surface area contributed by atoms with Crippen molar-refractivity contribution in [2.45, 2.75) is 33.2 Å². The van der Waals surface area contributed by atoms with Crippen molar-refractivity contribution in [3.8, 4) is 5.75 Å². The van der Waals surface area contributed by atoms with Gasteiger partial charge in [-0.2, -0.15) is 0 Å². The van der Waals surface area contributed by atoms with Crippen molar-refractivity contribution < 1.29 is 9.90 Å². The van der Waals surface area contributed by atoms with E-state index in [0.29, 0.717) is 17.5 Å². The molecule has 0 saturated carbocycles. The Morgan fingerprint density at radius 3 is 2.85 bits per heavy atom. The predicted molar refractivity (Wildman–Crippen MR) is 80.0 cm³/mol. The molecule has 110 valence electrons. The maximum atomic E-state index is 12.1. The molecule has 1 unspecified atom stereocenters. The van der Waals surface area contributed by atoms with Gasteiger partial charge in [0.15, 0.2) is 0 Å². The minimum absolute atomic E-state index is 0.0505. The van der Waals surface area contributed by atoms with Crippen LogP contribution in [0.3, 0.4) is 0 Å². The average Bonchev–Trinajstić information content (AvgIpc) is 2.85. The number of likely N-dealkylation sites (tertiary alicyclic amines) is 1. The molecule has 1 atom stereocenters. The van der Waals surface area contributed by atoms with Gasteiger partial charge in [0.2, 0.25) is 0 Å². The lowest BCUT2D eigenvalue weighted by atomic mass is 10.1.